The highest BCUT2D eigenvalue weighted by molar-refractivity contribution is 7.89. The van der Waals surface area contributed by atoms with Crippen LogP contribution in [0.5, 0.6) is 5.75 Å². The van der Waals surface area contributed by atoms with Crippen molar-refractivity contribution in [2.24, 2.45) is 0 Å². The number of ether oxygens (including phenoxy) is 1. The van der Waals surface area contributed by atoms with Gasteiger partial charge < -0.3 is 9.72 Å². The normalized spacial score (nSPS) is 19.5. The van der Waals surface area contributed by atoms with Crippen molar-refractivity contribution in [3.8, 4) is 5.75 Å². The number of aryl methyl sites for hydroxylation is 1. The molecular formula is C15H19N3O3S. The monoisotopic (exact) mass is 321 g/mol. The molecular weight excluding hydrogens is 302 g/mol. The number of rotatable bonds is 4. The molecule has 0 unspecified atom stereocenters. The lowest BCUT2D eigenvalue weighted by atomic mass is 10.2. The molecule has 1 fully saturated rings. The third kappa shape index (κ3) is 2.62. The number of sulfonamides is 1. The van der Waals surface area contributed by atoms with Crippen molar-refractivity contribution in [3.63, 3.8) is 0 Å². The molecule has 0 bridgehead atoms. The maximum atomic E-state index is 12.9. The van der Waals surface area contributed by atoms with Crippen LogP contribution in [-0.2, 0) is 10.0 Å². The minimum Gasteiger partial charge on any atom is -0.497 e. The van der Waals surface area contributed by atoms with Crippen LogP contribution in [0.3, 0.4) is 0 Å². The van der Waals surface area contributed by atoms with Gasteiger partial charge in [0.05, 0.1) is 18.0 Å². The zero-order chi connectivity index (χ0) is 15.7. The molecule has 1 N–H and O–H groups in total. The Hall–Kier alpha value is -1.86. The van der Waals surface area contributed by atoms with Gasteiger partial charge in [0.1, 0.15) is 11.6 Å². The fourth-order valence-corrected chi connectivity index (χ4v) is 4.45. The van der Waals surface area contributed by atoms with Crippen molar-refractivity contribution < 1.29 is 13.2 Å². The van der Waals surface area contributed by atoms with E-state index < -0.39 is 10.0 Å². The topological polar surface area (TPSA) is 75.3 Å². The average molecular weight is 321 g/mol. The van der Waals surface area contributed by atoms with Crippen molar-refractivity contribution in [1.82, 2.24) is 14.3 Å². The Bertz CT molecular complexity index is 753. The largest absolute Gasteiger partial charge is 0.497 e. The van der Waals surface area contributed by atoms with E-state index in [9.17, 15) is 8.42 Å². The number of methoxy groups -OCH3 is 1. The van der Waals surface area contributed by atoms with Crippen LogP contribution >= 0.6 is 0 Å². The van der Waals surface area contributed by atoms with Gasteiger partial charge >= 0.3 is 0 Å². The van der Waals surface area contributed by atoms with Gasteiger partial charge in [-0.05, 0) is 44.0 Å². The molecule has 1 saturated heterocycles. The first-order chi connectivity index (χ1) is 10.5. The van der Waals surface area contributed by atoms with Crippen LogP contribution in [0.25, 0.3) is 0 Å². The maximum Gasteiger partial charge on any atom is 0.243 e. The highest BCUT2D eigenvalue weighted by Crippen LogP contribution is 2.35. The van der Waals surface area contributed by atoms with Gasteiger partial charge in [-0.25, -0.2) is 13.4 Å². The minimum atomic E-state index is -3.53. The first-order valence-corrected chi connectivity index (χ1v) is 8.64. The molecule has 1 aromatic carbocycles. The van der Waals surface area contributed by atoms with Crippen molar-refractivity contribution in [2.75, 3.05) is 13.7 Å². The van der Waals surface area contributed by atoms with E-state index >= 15 is 0 Å². The number of hydrogen-bond acceptors (Lipinski definition) is 4. The van der Waals surface area contributed by atoms with Gasteiger partial charge in [0.25, 0.3) is 0 Å². The molecule has 2 heterocycles. The van der Waals surface area contributed by atoms with E-state index in [1.54, 1.807) is 37.6 Å². The molecule has 0 amide bonds. The predicted molar refractivity (Wildman–Crippen MR) is 82.2 cm³/mol. The number of aromatic amines is 1. The number of benzene rings is 1. The molecule has 118 valence electrons. The molecule has 2 aromatic rings. The van der Waals surface area contributed by atoms with Gasteiger partial charge in [-0.15, -0.1) is 0 Å². The Morgan fingerprint density at radius 3 is 2.64 bits per heavy atom. The van der Waals surface area contributed by atoms with Gasteiger partial charge in [0.2, 0.25) is 10.0 Å². The second kappa shape index (κ2) is 5.73. The van der Waals surface area contributed by atoms with Gasteiger partial charge in [0, 0.05) is 18.4 Å². The van der Waals surface area contributed by atoms with Crippen LogP contribution < -0.4 is 4.74 Å². The molecule has 7 heteroatoms. The summed E-state index contributed by atoms with van der Waals surface area (Å²) in [5.41, 5.74) is 0.934. The number of aromatic nitrogens is 2. The lowest BCUT2D eigenvalue weighted by Gasteiger charge is -2.22. The second-order valence-corrected chi connectivity index (χ2v) is 7.29. The zero-order valence-electron chi connectivity index (χ0n) is 12.6. The van der Waals surface area contributed by atoms with Crippen molar-refractivity contribution in [1.29, 1.82) is 0 Å². The number of H-pyrrole nitrogens is 1. The smallest absolute Gasteiger partial charge is 0.243 e. The quantitative estimate of drug-likeness (QED) is 0.937. The average Bonchev–Trinajstić information content (AvgIpc) is 3.16. The van der Waals surface area contributed by atoms with E-state index in [-0.39, 0.29) is 10.9 Å². The lowest BCUT2D eigenvalue weighted by Crippen LogP contribution is -2.31. The third-order valence-electron chi connectivity index (χ3n) is 3.91. The van der Waals surface area contributed by atoms with Gasteiger partial charge in [-0.1, -0.05) is 0 Å². The van der Waals surface area contributed by atoms with Gasteiger partial charge in [0.15, 0.2) is 0 Å². The highest BCUT2D eigenvalue weighted by atomic mass is 32.2. The van der Waals surface area contributed by atoms with E-state index in [2.05, 4.69) is 9.97 Å². The van der Waals surface area contributed by atoms with Gasteiger partial charge in [-0.2, -0.15) is 4.31 Å². The second-order valence-electron chi connectivity index (χ2n) is 5.40. The van der Waals surface area contributed by atoms with Gasteiger partial charge in [-0.3, -0.25) is 0 Å². The minimum absolute atomic E-state index is 0.221. The summed E-state index contributed by atoms with van der Waals surface area (Å²) in [5, 5.41) is 0. The first-order valence-electron chi connectivity index (χ1n) is 7.20. The van der Waals surface area contributed by atoms with Crippen molar-refractivity contribution in [2.45, 2.75) is 30.7 Å². The van der Waals surface area contributed by atoms with E-state index in [0.717, 1.165) is 18.5 Å². The summed E-state index contributed by atoms with van der Waals surface area (Å²) in [5.74, 6) is 1.35. The van der Waals surface area contributed by atoms with Crippen LogP contribution in [0.15, 0.2) is 35.4 Å². The molecule has 1 aliphatic heterocycles. The van der Waals surface area contributed by atoms with Crippen LogP contribution in [-0.4, -0.2) is 36.3 Å². The Morgan fingerprint density at radius 2 is 2.05 bits per heavy atom. The Labute approximate surface area is 130 Å². The molecule has 0 saturated carbocycles. The fraction of sp³-hybridized carbons (Fsp3) is 0.400. The molecule has 1 aliphatic rings. The summed E-state index contributed by atoms with van der Waals surface area (Å²) in [6.45, 7) is 2.42. The number of imidazole rings is 1. The molecule has 0 spiro atoms. The zero-order valence-corrected chi connectivity index (χ0v) is 13.4. The van der Waals surface area contributed by atoms with Crippen molar-refractivity contribution in [3.05, 3.63) is 42.0 Å². The number of nitrogens with one attached hydrogen (secondary N) is 1. The van der Waals surface area contributed by atoms with Crippen LogP contribution in [0.4, 0.5) is 0 Å². The van der Waals surface area contributed by atoms with Crippen LogP contribution in [0.2, 0.25) is 0 Å². The molecule has 1 atom stereocenters. The van der Waals surface area contributed by atoms with E-state index in [1.807, 2.05) is 6.92 Å². The predicted octanol–water partition coefficient (Wildman–Crippen LogP) is 2.25. The van der Waals surface area contributed by atoms with E-state index in [0.29, 0.717) is 18.1 Å². The lowest BCUT2D eigenvalue weighted by molar-refractivity contribution is 0.384. The summed E-state index contributed by atoms with van der Waals surface area (Å²) in [7, 11) is -1.98. The van der Waals surface area contributed by atoms with Crippen LogP contribution in [0, 0.1) is 6.92 Å². The fourth-order valence-electron chi connectivity index (χ4n) is 2.79. The number of hydrogen-bond donors (Lipinski definition) is 1. The number of nitrogens with zero attached hydrogens (tertiary/aromatic N) is 2. The van der Waals surface area contributed by atoms with E-state index in [4.69, 9.17) is 4.74 Å². The van der Waals surface area contributed by atoms with Crippen molar-refractivity contribution >= 4 is 10.0 Å². The molecule has 3 rings (SSSR count). The standard InChI is InChI=1S/C15H19N3O3S/c1-11-10-16-15(17-11)14-4-3-9-18(14)22(19,20)13-7-5-12(21-2)6-8-13/h5-8,10,14H,3-4,9H2,1-2H3,(H,16,17)/t14-/m0/s1. The Morgan fingerprint density at radius 1 is 1.32 bits per heavy atom. The summed E-state index contributed by atoms with van der Waals surface area (Å²) < 4.78 is 32.3. The molecule has 6 nitrogen and oxygen atoms in total. The summed E-state index contributed by atoms with van der Waals surface area (Å²) in [4.78, 5) is 7.73. The SMILES string of the molecule is COc1ccc(S(=O)(=O)N2CCC[C@H]2c2ncc(C)[nH]2)cc1. The van der Waals surface area contributed by atoms with E-state index in [1.165, 1.54) is 4.31 Å². The first kappa shape index (κ1) is 15.1. The molecule has 22 heavy (non-hydrogen) atoms. The Kier molecular flexibility index (Phi) is 3.92. The molecule has 0 radical (unpaired) electrons. The summed E-state index contributed by atoms with van der Waals surface area (Å²) >= 11 is 0. The summed E-state index contributed by atoms with van der Waals surface area (Å²) in [6, 6.07) is 6.26. The maximum absolute atomic E-state index is 12.9. The third-order valence-corrected chi connectivity index (χ3v) is 5.83. The highest BCUT2D eigenvalue weighted by Gasteiger charge is 2.37. The van der Waals surface area contributed by atoms with Crippen LogP contribution in [0.1, 0.15) is 30.4 Å². The Balaban J connectivity index is 1.93. The summed E-state index contributed by atoms with van der Waals surface area (Å²) in [6.07, 6.45) is 3.34. The molecule has 1 aromatic heterocycles. The molecule has 0 aliphatic carbocycles.